The van der Waals surface area contributed by atoms with Gasteiger partial charge in [-0.05, 0) is 42.3 Å². The van der Waals surface area contributed by atoms with Crippen molar-refractivity contribution in [2.24, 2.45) is 0 Å². The van der Waals surface area contributed by atoms with E-state index in [4.69, 9.17) is 0 Å². The molecule has 0 aliphatic carbocycles. The van der Waals surface area contributed by atoms with Crippen LogP contribution >= 0.6 is 0 Å². The van der Waals surface area contributed by atoms with Gasteiger partial charge in [0.05, 0.1) is 16.9 Å². The van der Waals surface area contributed by atoms with Crippen LogP contribution in [0.15, 0.2) is 42.5 Å². The molecule has 0 saturated heterocycles. The molecule has 0 spiro atoms. The van der Waals surface area contributed by atoms with Gasteiger partial charge in [-0.2, -0.15) is 0 Å². The first kappa shape index (κ1) is 13.6. The zero-order valence-electron chi connectivity index (χ0n) is 13.2. The fourth-order valence-electron chi connectivity index (χ4n) is 4.10. The highest BCUT2D eigenvalue weighted by atomic mass is 19.1. The van der Waals surface area contributed by atoms with Gasteiger partial charge >= 0.3 is 0 Å². The van der Waals surface area contributed by atoms with E-state index in [0.717, 1.165) is 39.8 Å². The number of aromatic amines is 1. The van der Waals surface area contributed by atoms with E-state index in [0.29, 0.717) is 6.54 Å². The van der Waals surface area contributed by atoms with Crippen LogP contribution in [0.2, 0.25) is 0 Å². The number of carbonyl (C=O) groups excluding carboxylic acids is 1. The van der Waals surface area contributed by atoms with Crippen molar-refractivity contribution < 1.29 is 9.18 Å². The van der Waals surface area contributed by atoms with Crippen LogP contribution in [0.5, 0.6) is 0 Å². The summed E-state index contributed by atoms with van der Waals surface area (Å²) in [6.07, 6.45) is 0.559. The third-order valence-corrected chi connectivity index (χ3v) is 5.20. The Morgan fingerprint density at radius 2 is 2.04 bits per heavy atom. The van der Waals surface area contributed by atoms with Gasteiger partial charge in [0.1, 0.15) is 12.0 Å². The maximum Gasteiger partial charge on any atom is 0.257 e. The van der Waals surface area contributed by atoms with Crippen LogP contribution in [0.3, 0.4) is 0 Å². The first-order chi connectivity index (χ1) is 11.6. The Kier molecular flexibility index (Phi) is 2.61. The number of hydrogen-bond acceptors (Lipinski definition) is 2. The van der Waals surface area contributed by atoms with E-state index >= 15 is 0 Å². The number of carbonyl (C=O) groups is 1. The molecule has 1 unspecified atom stereocenters. The van der Waals surface area contributed by atoms with Crippen LogP contribution < -0.4 is 4.90 Å². The maximum atomic E-state index is 13.7. The number of halogens is 1. The van der Waals surface area contributed by atoms with Gasteiger partial charge in [-0.1, -0.05) is 12.1 Å². The minimum absolute atomic E-state index is 0.0594. The van der Waals surface area contributed by atoms with Crippen LogP contribution in [0, 0.1) is 5.82 Å². The minimum Gasteiger partial charge on any atom is -0.355 e. The number of amides is 1. The highest BCUT2D eigenvalue weighted by Gasteiger charge is 2.41. The van der Waals surface area contributed by atoms with Crippen molar-refractivity contribution in [1.82, 2.24) is 9.88 Å². The topological polar surface area (TPSA) is 39.3 Å². The molecule has 4 nitrogen and oxygen atoms in total. The number of nitrogens with one attached hydrogen (secondary N) is 1. The normalized spacial score (nSPS) is 19.2. The van der Waals surface area contributed by atoms with E-state index in [1.165, 1.54) is 6.07 Å². The molecule has 1 amide bonds. The zero-order chi connectivity index (χ0) is 16.4. The third kappa shape index (κ3) is 1.64. The number of hydrogen-bond donors (Lipinski definition) is 1. The molecule has 0 radical (unpaired) electrons. The lowest BCUT2D eigenvalue weighted by molar-refractivity contribution is 0.0634. The first-order valence-corrected chi connectivity index (χ1v) is 8.08. The lowest BCUT2D eigenvalue weighted by Crippen LogP contribution is -2.51. The molecule has 0 bridgehead atoms. The van der Waals surface area contributed by atoms with Crippen LogP contribution in [-0.4, -0.2) is 29.4 Å². The van der Waals surface area contributed by atoms with Gasteiger partial charge in [0.15, 0.2) is 0 Å². The molecule has 120 valence electrons. The molecular weight excluding hydrogens is 305 g/mol. The maximum absolute atomic E-state index is 13.7. The summed E-state index contributed by atoms with van der Waals surface area (Å²) in [5, 5.41) is 0.921. The fourth-order valence-corrected chi connectivity index (χ4v) is 4.10. The molecule has 3 aromatic rings. The van der Waals surface area contributed by atoms with E-state index in [1.54, 1.807) is 12.1 Å². The number of benzene rings is 2. The molecular formula is C19H16FN3O. The smallest absolute Gasteiger partial charge is 0.257 e. The number of fused-ring (bicyclic) bond motifs is 6. The van der Waals surface area contributed by atoms with Crippen molar-refractivity contribution in [2.75, 3.05) is 18.5 Å². The SMILES string of the molecule is CN1c2ccccc2C(=O)N2CCc3c([nH]c4ccc(F)cc34)C21. The number of anilines is 1. The summed E-state index contributed by atoms with van der Waals surface area (Å²) in [6.45, 7) is 0.638. The van der Waals surface area contributed by atoms with E-state index in [9.17, 15) is 9.18 Å². The van der Waals surface area contributed by atoms with Crippen molar-refractivity contribution in [2.45, 2.75) is 12.6 Å². The minimum atomic E-state index is -0.231. The van der Waals surface area contributed by atoms with Crippen molar-refractivity contribution in [3.8, 4) is 0 Å². The van der Waals surface area contributed by atoms with Crippen molar-refractivity contribution in [3.05, 3.63) is 65.1 Å². The van der Waals surface area contributed by atoms with E-state index < -0.39 is 0 Å². The predicted molar refractivity (Wildman–Crippen MR) is 90.6 cm³/mol. The average Bonchev–Trinajstić information content (AvgIpc) is 2.97. The summed E-state index contributed by atoms with van der Waals surface area (Å²) in [6, 6.07) is 12.5. The molecule has 1 N–H and O–H groups in total. The summed E-state index contributed by atoms with van der Waals surface area (Å²) < 4.78 is 13.7. The Balaban J connectivity index is 1.74. The second-order valence-corrected chi connectivity index (χ2v) is 6.46. The van der Waals surface area contributed by atoms with Gasteiger partial charge in [0.2, 0.25) is 0 Å². The fraction of sp³-hybridized carbons (Fsp3) is 0.211. The second-order valence-electron chi connectivity index (χ2n) is 6.46. The molecule has 5 rings (SSSR count). The van der Waals surface area contributed by atoms with Crippen molar-refractivity contribution >= 4 is 22.5 Å². The molecule has 0 fully saturated rings. The monoisotopic (exact) mass is 321 g/mol. The average molecular weight is 321 g/mol. The lowest BCUT2D eigenvalue weighted by atomic mass is 9.96. The van der Waals surface area contributed by atoms with Gasteiger partial charge in [-0.25, -0.2) is 4.39 Å². The van der Waals surface area contributed by atoms with Gasteiger partial charge < -0.3 is 14.8 Å². The summed E-state index contributed by atoms with van der Waals surface area (Å²) in [5.74, 6) is -0.172. The highest BCUT2D eigenvalue weighted by Crippen LogP contribution is 2.42. The number of nitrogens with zero attached hydrogens (tertiary/aromatic N) is 2. The number of aromatic nitrogens is 1. The third-order valence-electron chi connectivity index (χ3n) is 5.20. The van der Waals surface area contributed by atoms with E-state index in [2.05, 4.69) is 9.88 Å². The van der Waals surface area contributed by atoms with E-state index in [-0.39, 0.29) is 17.9 Å². The Morgan fingerprint density at radius 3 is 2.92 bits per heavy atom. The lowest BCUT2D eigenvalue weighted by Gasteiger charge is -2.46. The summed E-state index contributed by atoms with van der Waals surface area (Å²) in [7, 11) is 2.00. The van der Waals surface area contributed by atoms with Crippen LogP contribution in [-0.2, 0) is 6.42 Å². The van der Waals surface area contributed by atoms with Gasteiger partial charge in [0.25, 0.3) is 5.91 Å². The molecule has 1 aromatic heterocycles. The number of para-hydroxylation sites is 1. The first-order valence-electron chi connectivity index (χ1n) is 8.08. The van der Waals surface area contributed by atoms with Crippen molar-refractivity contribution in [1.29, 1.82) is 0 Å². The molecule has 2 aliphatic rings. The number of rotatable bonds is 0. The van der Waals surface area contributed by atoms with Gasteiger partial charge in [0, 0.05) is 24.5 Å². The Morgan fingerprint density at radius 1 is 1.21 bits per heavy atom. The largest absolute Gasteiger partial charge is 0.355 e. The standard InChI is InChI=1S/C19H16FN3O/c1-22-16-5-3-2-4-13(16)19(24)23-9-8-12-14-10-11(20)6-7-15(14)21-17(12)18(22)23/h2-7,10,18,21H,8-9H2,1H3. The zero-order valence-corrected chi connectivity index (χ0v) is 13.2. The van der Waals surface area contributed by atoms with Crippen molar-refractivity contribution in [3.63, 3.8) is 0 Å². The Bertz CT molecular complexity index is 993. The number of H-pyrrole nitrogens is 1. The summed E-state index contributed by atoms with van der Waals surface area (Å²) in [5.41, 5.74) is 4.70. The molecule has 24 heavy (non-hydrogen) atoms. The van der Waals surface area contributed by atoms with Gasteiger partial charge in [-0.3, -0.25) is 4.79 Å². The summed E-state index contributed by atoms with van der Waals surface area (Å²) >= 11 is 0. The van der Waals surface area contributed by atoms with Crippen LogP contribution in [0.1, 0.15) is 27.8 Å². The quantitative estimate of drug-likeness (QED) is 0.689. The Labute approximate surface area is 138 Å². The predicted octanol–water partition coefficient (Wildman–Crippen LogP) is 3.45. The molecule has 1 atom stereocenters. The molecule has 0 saturated carbocycles. The highest BCUT2D eigenvalue weighted by molar-refractivity contribution is 6.02. The van der Waals surface area contributed by atoms with Crippen LogP contribution in [0.4, 0.5) is 10.1 Å². The van der Waals surface area contributed by atoms with E-state index in [1.807, 2.05) is 36.2 Å². The second kappa shape index (κ2) is 4.60. The molecule has 3 heterocycles. The summed E-state index contributed by atoms with van der Waals surface area (Å²) in [4.78, 5) is 20.3. The van der Waals surface area contributed by atoms with Crippen LogP contribution in [0.25, 0.3) is 10.9 Å². The molecule has 2 aliphatic heterocycles. The van der Waals surface area contributed by atoms with Gasteiger partial charge in [-0.15, -0.1) is 0 Å². The molecule has 5 heteroatoms. The molecule has 2 aromatic carbocycles. The Hall–Kier alpha value is -2.82.